The van der Waals surface area contributed by atoms with Crippen molar-refractivity contribution in [3.8, 4) is 0 Å². The van der Waals surface area contributed by atoms with E-state index in [-0.39, 0.29) is 0 Å². The van der Waals surface area contributed by atoms with Crippen molar-refractivity contribution >= 4 is 29.2 Å². The molecule has 3 nitrogen and oxygen atoms in total. The Morgan fingerprint density at radius 3 is 2.94 bits per heavy atom. The summed E-state index contributed by atoms with van der Waals surface area (Å²) < 4.78 is 0. The number of aliphatic imine (C=N–C) groups is 1. The minimum atomic E-state index is 0.427. The van der Waals surface area contributed by atoms with Crippen molar-refractivity contribution < 1.29 is 0 Å². The number of hydrogen-bond donors (Lipinski definition) is 2. The van der Waals surface area contributed by atoms with Crippen LogP contribution in [0.2, 0.25) is 10.0 Å². The second-order valence-corrected chi connectivity index (χ2v) is 4.99. The van der Waals surface area contributed by atoms with Gasteiger partial charge in [-0.3, -0.25) is 4.99 Å². The molecular formula is C12H15Cl2N3. The number of guanidine groups is 1. The molecule has 1 unspecified atom stereocenters. The maximum absolute atomic E-state index is 6.09. The smallest absolute Gasteiger partial charge is 0.191 e. The highest BCUT2D eigenvalue weighted by Gasteiger charge is 2.11. The van der Waals surface area contributed by atoms with E-state index in [9.17, 15) is 0 Å². The van der Waals surface area contributed by atoms with Gasteiger partial charge in [0, 0.05) is 22.6 Å². The Bertz CT molecular complexity index is 432. The molecule has 0 fully saturated rings. The Morgan fingerprint density at radius 2 is 2.29 bits per heavy atom. The molecule has 1 heterocycles. The van der Waals surface area contributed by atoms with E-state index in [0.29, 0.717) is 16.1 Å². The maximum atomic E-state index is 6.09. The Labute approximate surface area is 111 Å². The van der Waals surface area contributed by atoms with Gasteiger partial charge in [0.15, 0.2) is 5.96 Å². The molecule has 2 N–H and O–H groups in total. The Morgan fingerprint density at radius 1 is 1.47 bits per heavy atom. The Kier molecular flexibility index (Phi) is 4.13. The van der Waals surface area contributed by atoms with Crippen molar-refractivity contribution in [3.63, 3.8) is 0 Å². The summed E-state index contributed by atoms with van der Waals surface area (Å²) in [5, 5.41) is 7.88. The summed E-state index contributed by atoms with van der Waals surface area (Å²) in [6.45, 7) is 3.75. The molecule has 0 bridgehead atoms. The van der Waals surface area contributed by atoms with Gasteiger partial charge in [0.1, 0.15) is 0 Å². The SMILES string of the molecule is CC1CN=C(NCCc2ccc(Cl)cc2Cl)N1. The molecule has 17 heavy (non-hydrogen) atoms. The summed E-state index contributed by atoms with van der Waals surface area (Å²) in [6, 6.07) is 6.01. The fraction of sp³-hybridized carbons (Fsp3) is 0.417. The van der Waals surface area contributed by atoms with Gasteiger partial charge in [-0.1, -0.05) is 29.3 Å². The number of halogens is 2. The third-order valence-corrected chi connectivity index (χ3v) is 3.20. The molecule has 5 heteroatoms. The molecule has 0 amide bonds. The molecule has 92 valence electrons. The van der Waals surface area contributed by atoms with Crippen LogP contribution in [0.15, 0.2) is 23.2 Å². The van der Waals surface area contributed by atoms with Crippen LogP contribution in [0.3, 0.4) is 0 Å². The number of benzene rings is 1. The van der Waals surface area contributed by atoms with Crippen LogP contribution in [0.5, 0.6) is 0 Å². The molecule has 0 spiro atoms. The van der Waals surface area contributed by atoms with Crippen molar-refractivity contribution in [2.24, 2.45) is 4.99 Å². The molecule has 0 radical (unpaired) electrons. The van der Waals surface area contributed by atoms with Crippen LogP contribution in [0, 0.1) is 0 Å². The van der Waals surface area contributed by atoms with E-state index in [4.69, 9.17) is 23.2 Å². The third kappa shape index (κ3) is 3.51. The standard InChI is InChI=1S/C12H15Cl2N3/c1-8-7-16-12(17-8)15-5-4-9-2-3-10(13)6-11(9)14/h2-3,6,8H,4-5,7H2,1H3,(H2,15,16,17). The van der Waals surface area contributed by atoms with E-state index >= 15 is 0 Å². The number of nitrogens with one attached hydrogen (secondary N) is 2. The van der Waals surface area contributed by atoms with Crippen molar-refractivity contribution in [1.82, 2.24) is 10.6 Å². The fourth-order valence-electron chi connectivity index (χ4n) is 1.70. The van der Waals surface area contributed by atoms with Gasteiger partial charge in [0.05, 0.1) is 6.54 Å². The Hall–Kier alpha value is -0.930. The van der Waals surface area contributed by atoms with Gasteiger partial charge in [-0.25, -0.2) is 0 Å². The Balaban J connectivity index is 1.82. The zero-order valence-corrected chi connectivity index (χ0v) is 11.1. The van der Waals surface area contributed by atoms with Crippen LogP contribution in [-0.4, -0.2) is 25.1 Å². The number of nitrogens with zero attached hydrogens (tertiary/aromatic N) is 1. The van der Waals surface area contributed by atoms with E-state index in [0.717, 1.165) is 31.0 Å². The van der Waals surface area contributed by atoms with Gasteiger partial charge in [-0.15, -0.1) is 0 Å². The van der Waals surface area contributed by atoms with Gasteiger partial charge in [-0.05, 0) is 31.0 Å². The van der Waals surface area contributed by atoms with Crippen LogP contribution in [0.25, 0.3) is 0 Å². The zero-order chi connectivity index (χ0) is 12.3. The third-order valence-electron chi connectivity index (χ3n) is 2.61. The molecular weight excluding hydrogens is 257 g/mol. The highest BCUT2D eigenvalue weighted by atomic mass is 35.5. The summed E-state index contributed by atoms with van der Waals surface area (Å²) in [4.78, 5) is 4.32. The normalized spacial score (nSPS) is 18.8. The lowest BCUT2D eigenvalue weighted by atomic mass is 10.1. The summed E-state index contributed by atoms with van der Waals surface area (Å²) >= 11 is 11.9. The lowest BCUT2D eigenvalue weighted by Gasteiger charge is -2.09. The summed E-state index contributed by atoms with van der Waals surface area (Å²) in [5.41, 5.74) is 1.09. The van der Waals surface area contributed by atoms with Crippen molar-refractivity contribution in [1.29, 1.82) is 0 Å². The van der Waals surface area contributed by atoms with E-state index in [1.807, 2.05) is 12.1 Å². The molecule has 1 aliphatic heterocycles. The monoisotopic (exact) mass is 271 g/mol. The average molecular weight is 272 g/mol. The topological polar surface area (TPSA) is 36.4 Å². The quantitative estimate of drug-likeness (QED) is 0.886. The van der Waals surface area contributed by atoms with Gasteiger partial charge in [0.25, 0.3) is 0 Å². The highest BCUT2D eigenvalue weighted by molar-refractivity contribution is 6.35. The minimum Gasteiger partial charge on any atom is -0.356 e. The molecule has 0 aromatic heterocycles. The second kappa shape index (κ2) is 5.61. The summed E-state index contributed by atoms with van der Waals surface area (Å²) in [6.07, 6.45) is 0.852. The molecule has 1 atom stereocenters. The zero-order valence-electron chi connectivity index (χ0n) is 9.63. The first-order valence-electron chi connectivity index (χ1n) is 5.64. The second-order valence-electron chi connectivity index (χ2n) is 4.15. The molecule has 1 aliphatic rings. The molecule has 1 aromatic rings. The lowest BCUT2D eigenvalue weighted by molar-refractivity contribution is 0.712. The van der Waals surface area contributed by atoms with Crippen LogP contribution >= 0.6 is 23.2 Å². The van der Waals surface area contributed by atoms with Crippen molar-refractivity contribution in [3.05, 3.63) is 33.8 Å². The van der Waals surface area contributed by atoms with E-state index < -0.39 is 0 Å². The molecule has 1 aromatic carbocycles. The van der Waals surface area contributed by atoms with Gasteiger partial charge in [0.2, 0.25) is 0 Å². The predicted octanol–water partition coefficient (Wildman–Crippen LogP) is 2.47. The molecule has 0 saturated carbocycles. The summed E-state index contributed by atoms with van der Waals surface area (Å²) in [7, 11) is 0. The average Bonchev–Trinajstić information content (AvgIpc) is 2.68. The lowest BCUT2D eigenvalue weighted by Crippen LogP contribution is -2.38. The first-order chi connectivity index (χ1) is 8.15. The van der Waals surface area contributed by atoms with Crippen LogP contribution in [-0.2, 0) is 6.42 Å². The minimum absolute atomic E-state index is 0.427. The number of hydrogen-bond acceptors (Lipinski definition) is 3. The van der Waals surface area contributed by atoms with Crippen LogP contribution in [0.4, 0.5) is 0 Å². The van der Waals surface area contributed by atoms with Gasteiger partial charge < -0.3 is 10.6 Å². The maximum Gasteiger partial charge on any atom is 0.191 e. The predicted molar refractivity (Wildman–Crippen MR) is 73.1 cm³/mol. The van der Waals surface area contributed by atoms with Crippen molar-refractivity contribution in [2.45, 2.75) is 19.4 Å². The van der Waals surface area contributed by atoms with E-state index in [1.165, 1.54) is 0 Å². The summed E-state index contributed by atoms with van der Waals surface area (Å²) in [5.74, 6) is 0.877. The first-order valence-corrected chi connectivity index (χ1v) is 6.39. The van der Waals surface area contributed by atoms with Crippen LogP contribution in [0.1, 0.15) is 12.5 Å². The molecule has 0 saturated heterocycles. The van der Waals surface area contributed by atoms with Gasteiger partial charge in [-0.2, -0.15) is 0 Å². The van der Waals surface area contributed by atoms with E-state index in [2.05, 4.69) is 22.5 Å². The first kappa shape index (κ1) is 12.5. The molecule has 2 rings (SSSR count). The van der Waals surface area contributed by atoms with Crippen molar-refractivity contribution in [2.75, 3.05) is 13.1 Å². The van der Waals surface area contributed by atoms with Crippen LogP contribution < -0.4 is 10.6 Å². The van der Waals surface area contributed by atoms with E-state index in [1.54, 1.807) is 6.07 Å². The molecule has 0 aliphatic carbocycles. The van der Waals surface area contributed by atoms with Gasteiger partial charge >= 0.3 is 0 Å². The fourth-order valence-corrected chi connectivity index (χ4v) is 2.20. The highest BCUT2D eigenvalue weighted by Crippen LogP contribution is 2.20. The number of rotatable bonds is 3. The largest absolute Gasteiger partial charge is 0.356 e.